The Hall–Kier alpha value is -3.32. The van der Waals surface area contributed by atoms with Gasteiger partial charge in [-0.05, 0) is 32.0 Å². The number of anilines is 1. The van der Waals surface area contributed by atoms with E-state index in [1.165, 1.54) is 6.92 Å². The Labute approximate surface area is 168 Å². The van der Waals surface area contributed by atoms with Gasteiger partial charge in [0.1, 0.15) is 11.3 Å². The number of rotatable bonds is 8. The molecule has 3 rings (SSSR count). The van der Waals surface area contributed by atoms with Crippen LogP contribution in [0.1, 0.15) is 30.0 Å². The first-order valence-electron chi connectivity index (χ1n) is 9.27. The Morgan fingerprint density at radius 1 is 1.14 bits per heavy atom. The molecule has 7 nitrogen and oxygen atoms in total. The predicted octanol–water partition coefficient (Wildman–Crippen LogP) is 4.16. The van der Waals surface area contributed by atoms with Crippen molar-refractivity contribution in [2.45, 2.75) is 26.6 Å². The van der Waals surface area contributed by atoms with E-state index in [0.717, 1.165) is 5.39 Å². The minimum atomic E-state index is -1.03. The van der Waals surface area contributed by atoms with Gasteiger partial charge < -0.3 is 23.9 Å². The maximum Gasteiger partial charge on any atom is 0.375 e. The number of fused-ring (bicyclic) bond motifs is 1. The molecule has 1 heterocycles. The monoisotopic (exact) mass is 397 g/mol. The van der Waals surface area contributed by atoms with Gasteiger partial charge in [0, 0.05) is 29.3 Å². The summed E-state index contributed by atoms with van der Waals surface area (Å²) in [5.41, 5.74) is 1.70. The summed E-state index contributed by atoms with van der Waals surface area (Å²) >= 11 is 0. The summed E-state index contributed by atoms with van der Waals surface area (Å²) in [6.45, 7) is 4.07. The lowest BCUT2D eigenvalue weighted by molar-refractivity contribution is -0.123. The van der Waals surface area contributed by atoms with Crippen LogP contribution >= 0.6 is 0 Å². The summed E-state index contributed by atoms with van der Waals surface area (Å²) in [4.78, 5) is 25.1. The SMILES string of the molecule is CCOCc1c(C(=O)O[C@H](C)C(=O)Nc2cccc(OC)c2)oc2ccccc12. The zero-order chi connectivity index (χ0) is 20.8. The van der Waals surface area contributed by atoms with Crippen LogP contribution in [0.4, 0.5) is 5.69 Å². The van der Waals surface area contributed by atoms with Gasteiger partial charge in [0.2, 0.25) is 5.76 Å². The highest BCUT2D eigenvalue weighted by Crippen LogP contribution is 2.27. The number of methoxy groups -OCH3 is 1. The lowest BCUT2D eigenvalue weighted by Gasteiger charge is -2.13. The molecular weight excluding hydrogens is 374 g/mol. The molecule has 2 aromatic carbocycles. The number of benzene rings is 2. The van der Waals surface area contributed by atoms with Crippen LogP contribution in [0.25, 0.3) is 11.0 Å². The second-order valence-electron chi connectivity index (χ2n) is 6.31. The number of carbonyl (C=O) groups is 2. The molecule has 0 saturated carbocycles. The van der Waals surface area contributed by atoms with E-state index in [1.807, 2.05) is 25.1 Å². The third-order valence-corrected chi connectivity index (χ3v) is 4.32. The number of furan rings is 1. The van der Waals surface area contributed by atoms with E-state index in [-0.39, 0.29) is 12.4 Å². The highest BCUT2D eigenvalue weighted by atomic mass is 16.6. The van der Waals surface area contributed by atoms with Crippen LogP contribution in [0.3, 0.4) is 0 Å². The molecule has 0 aliphatic heterocycles. The molecule has 0 aliphatic rings. The van der Waals surface area contributed by atoms with Crippen LogP contribution in [0.15, 0.2) is 52.9 Å². The van der Waals surface area contributed by atoms with Crippen molar-refractivity contribution < 1.29 is 28.2 Å². The second kappa shape index (κ2) is 9.25. The Morgan fingerprint density at radius 3 is 2.69 bits per heavy atom. The van der Waals surface area contributed by atoms with Gasteiger partial charge in [0.05, 0.1) is 13.7 Å². The number of carbonyl (C=O) groups excluding carboxylic acids is 2. The number of nitrogens with one attached hydrogen (secondary N) is 1. The third kappa shape index (κ3) is 4.75. The Bertz CT molecular complexity index is 1010. The molecule has 0 spiro atoms. The van der Waals surface area contributed by atoms with E-state index in [1.54, 1.807) is 37.4 Å². The van der Waals surface area contributed by atoms with Gasteiger partial charge in [0.15, 0.2) is 6.10 Å². The van der Waals surface area contributed by atoms with Crippen molar-refractivity contribution in [2.75, 3.05) is 19.0 Å². The molecule has 0 fully saturated rings. The molecule has 0 radical (unpaired) electrons. The molecule has 29 heavy (non-hydrogen) atoms. The van der Waals surface area contributed by atoms with Crippen LogP contribution in [-0.2, 0) is 20.9 Å². The summed E-state index contributed by atoms with van der Waals surface area (Å²) in [7, 11) is 1.54. The average Bonchev–Trinajstić information content (AvgIpc) is 3.11. The largest absolute Gasteiger partial charge is 0.497 e. The number of esters is 1. The maximum atomic E-state index is 12.7. The molecule has 0 aliphatic carbocycles. The second-order valence-corrected chi connectivity index (χ2v) is 6.31. The van der Waals surface area contributed by atoms with E-state index >= 15 is 0 Å². The summed E-state index contributed by atoms with van der Waals surface area (Å²) in [6.07, 6.45) is -1.03. The fourth-order valence-electron chi connectivity index (χ4n) is 2.82. The Kier molecular flexibility index (Phi) is 6.51. The highest BCUT2D eigenvalue weighted by molar-refractivity contribution is 5.99. The Morgan fingerprint density at radius 2 is 1.93 bits per heavy atom. The van der Waals surface area contributed by atoms with Crippen molar-refractivity contribution >= 4 is 28.5 Å². The first kappa shape index (κ1) is 20.4. The van der Waals surface area contributed by atoms with Crippen molar-refractivity contribution in [3.8, 4) is 5.75 Å². The van der Waals surface area contributed by atoms with Gasteiger partial charge in [-0.3, -0.25) is 4.79 Å². The van der Waals surface area contributed by atoms with Gasteiger partial charge >= 0.3 is 5.97 Å². The van der Waals surface area contributed by atoms with Gasteiger partial charge in [-0.2, -0.15) is 0 Å². The van der Waals surface area contributed by atoms with E-state index in [0.29, 0.717) is 29.2 Å². The van der Waals surface area contributed by atoms with E-state index in [2.05, 4.69) is 5.32 Å². The summed E-state index contributed by atoms with van der Waals surface area (Å²) in [5, 5.41) is 3.48. The van der Waals surface area contributed by atoms with E-state index in [9.17, 15) is 9.59 Å². The minimum absolute atomic E-state index is 0.0423. The van der Waals surface area contributed by atoms with Crippen LogP contribution < -0.4 is 10.1 Å². The zero-order valence-electron chi connectivity index (χ0n) is 16.6. The molecule has 1 amide bonds. The quantitative estimate of drug-likeness (QED) is 0.574. The summed E-state index contributed by atoms with van der Waals surface area (Å²) in [6, 6.07) is 14.2. The molecule has 0 saturated heterocycles. The summed E-state index contributed by atoms with van der Waals surface area (Å²) in [5.74, 6) is -0.533. The Balaban J connectivity index is 1.74. The molecule has 3 aromatic rings. The third-order valence-electron chi connectivity index (χ3n) is 4.32. The molecule has 0 unspecified atom stereocenters. The smallest absolute Gasteiger partial charge is 0.375 e. The van der Waals surface area contributed by atoms with Crippen molar-refractivity contribution in [1.29, 1.82) is 0 Å². The predicted molar refractivity (Wildman–Crippen MR) is 108 cm³/mol. The molecule has 1 aromatic heterocycles. The zero-order valence-corrected chi connectivity index (χ0v) is 16.6. The number of amides is 1. The number of ether oxygens (including phenoxy) is 3. The molecule has 0 bridgehead atoms. The van der Waals surface area contributed by atoms with Gasteiger partial charge in [-0.15, -0.1) is 0 Å². The first-order valence-corrected chi connectivity index (χ1v) is 9.27. The number of hydrogen-bond donors (Lipinski definition) is 1. The van der Waals surface area contributed by atoms with Gasteiger partial charge in [-0.25, -0.2) is 4.79 Å². The van der Waals surface area contributed by atoms with Crippen molar-refractivity contribution in [3.05, 3.63) is 59.9 Å². The molecule has 1 atom stereocenters. The van der Waals surface area contributed by atoms with Crippen LogP contribution in [-0.4, -0.2) is 31.7 Å². The average molecular weight is 397 g/mol. The van der Waals surface area contributed by atoms with Crippen LogP contribution in [0.5, 0.6) is 5.75 Å². The molecule has 152 valence electrons. The van der Waals surface area contributed by atoms with Crippen molar-refractivity contribution in [2.24, 2.45) is 0 Å². The van der Waals surface area contributed by atoms with Gasteiger partial charge in [0.25, 0.3) is 5.91 Å². The normalized spacial score (nSPS) is 11.8. The fourth-order valence-corrected chi connectivity index (χ4v) is 2.82. The minimum Gasteiger partial charge on any atom is -0.497 e. The lowest BCUT2D eigenvalue weighted by atomic mass is 10.1. The van der Waals surface area contributed by atoms with Crippen LogP contribution in [0, 0.1) is 0 Å². The standard InChI is InChI=1S/C22H23NO6/c1-4-27-13-18-17-10-5-6-11-19(17)29-20(18)22(25)28-14(2)21(24)23-15-8-7-9-16(12-15)26-3/h5-12,14H,4,13H2,1-3H3,(H,23,24)/t14-/m1/s1. The van der Waals surface area contributed by atoms with Crippen LogP contribution in [0.2, 0.25) is 0 Å². The van der Waals surface area contributed by atoms with Gasteiger partial charge in [-0.1, -0.05) is 24.3 Å². The summed E-state index contributed by atoms with van der Waals surface area (Å²) < 4.78 is 21.6. The topological polar surface area (TPSA) is 87.0 Å². The van der Waals surface area contributed by atoms with Crippen molar-refractivity contribution in [1.82, 2.24) is 0 Å². The molecular formula is C22H23NO6. The highest BCUT2D eigenvalue weighted by Gasteiger charge is 2.26. The number of para-hydroxylation sites is 1. The van der Waals surface area contributed by atoms with E-state index in [4.69, 9.17) is 18.6 Å². The fraction of sp³-hybridized carbons (Fsp3) is 0.273. The number of hydrogen-bond acceptors (Lipinski definition) is 6. The van der Waals surface area contributed by atoms with Crippen molar-refractivity contribution in [3.63, 3.8) is 0 Å². The first-order chi connectivity index (χ1) is 14.0. The molecule has 7 heteroatoms. The maximum absolute atomic E-state index is 12.7. The lowest BCUT2D eigenvalue weighted by Crippen LogP contribution is -2.30. The molecule has 1 N–H and O–H groups in total. The van der Waals surface area contributed by atoms with E-state index < -0.39 is 18.0 Å².